The molecule has 0 unspecified atom stereocenters. The first kappa shape index (κ1) is 19.1. The Hall–Kier alpha value is -3.25. The van der Waals surface area contributed by atoms with E-state index < -0.39 is 0 Å². The van der Waals surface area contributed by atoms with E-state index in [1.165, 1.54) is 12.1 Å². The van der Waals surface area contributed by atoms with Crippen molar-refractivity contribution in [3.8, 4) is 22.5 Å². The first-order valence-electron chi connectivity index (χ1n) is 9.71. The Morgan fingerprint density at radius 2 is 1.72 bits per heavy atom. The lowest BCUT2D eigenvalue weighted by Gasteiger charge is -2.12. The van der Waals surface area contributed by atoms with Gasteiger partial charge >= 0.3 is 0 Å². The number of halogens is 1. The van der Waals surface area contributed by atoms with Crippen LogP contribution in [0.1, 0.15) is 6.42 Å². The third-order valence-corrected chi connectivity index (χ3v) is 4.71. The third kappa shape index (κ3) is 4.43. The minimum Gasteiger partial charge on any atom is -0.370 e. The minimum atomic E-state index is -0.278. The van der Waals surface area contributed by atoms with Crippen molar-refractivity contribution in [2.75, 3.05) is 32.5 Å². The summed E-state index contributed by atoms with van der Waals surface area (Å²) in [5.74, 6) is 0.592. The summed E-state index contributed by atoms with van der Waals surface area (Å²) in [6.07, 6.45) is 1.01. The van der Waals surface area contributed by atoms with Gasteiger partial charge in [-0.15, -0.1) is 0 Å². The lowest BCUT2D eigenvalue weighted by molar-refractivity contribution is 0.405. The van der Waals surface area contributed by atoms with Crippen LogP contribution in [0, 0.1) is 5.82 Å². The molecule has 0 aliphatic carbocycles. The maximum absolute atomic E-state index is 13.7. The molecule has 0 bridgehead atoms. The van der Waals surface area contributed by atoms with Crippen LogP contribution in [-0.2, 0) is 0 Å². The summed E-state index contributed by atoms with van der Waals surface area (Å²) < 4.78 is 15.5. The summed E-state index contributed by atoms with van der Waals surface area (Å²) in [6, 6.07) is 20.4. The number of nitrogens with zero attached hydrogens (tertiary/aromatic N) is 4. The predicted molar refractivity (Wildman–Crippen MR) is 115 cm³/mol. The van der Waals surface area contributed by atoms with Crippen molar-refractivity contribution >= 4 is 11.5 Å². The van der Waals surface area contributed by atoms with Crippen molar-refractivity contribution in [3.05, 3.63) is 72.5 Å². The van der Waals surface area contributed by atoms with Crippen LogP contribution in [0.15, 0.2) is 66.7 Å². The van der Waals surface area contributed by atoms with Crippen LogP contribution in [0.2, 0.25) is 0 Å². The van der Waals surface area contributed by atoms with Crippen LogP contribution in [-0.4, -0.2) is 46.7 Å². The van der Waals surface area contributed by atoms with Crippen molar-refractivity contribution < 1.29 is 4.39 Å². The van der Waals surface area contributed by atoms with Crippen LogP contribution in [0.4, 0.5) is 10.2 Å². The summed E-state index contributed by atoms with van der Waals surface area (Å²) in [7, 11) is 4.13. The molecule has 2 aromatic carbocycles. The quantitative estimate of drug-likeness (QED) is 0.471. The molecule has 0 fully saturated rings. The summed E-state index contributed by atoms with van der Waals surface area (Å²) in [5.41, 5.74) is 4.06. The van der Waals surface area contributed by atoms with E-state index in [0.717, 1.165) is 47.8 Å². The van der Waals surface area contributed by atoms with E-state index in [-0.39, 0.29) is 5.82 Å². The standard InChI is InChI=1S/C23H24FN5/c1-28(2)13-7-12-25-22-15-20(17-8-4-3-5-9-17)26-23-16-21(27-29(22)23)18-10-6-11-19(24)14-18/h3-6,8-11,14-16,25H,7,12-13H2,1-2H3. The van der Waals surface area contributed by atoms with Crippen molar-refractivity contribution in [1.29, 1.82) is 0 Å². The fraction of sp³-hybridized carbons (Fsp3) is 0.217. The summed E-state index contributed by atoms with van der Waals surface area (Å²) >= 11 is 0. The van der Waals surface area contributed by atoms with E-state index in [1.54, 1.807) is 10.6 Å². The third-order valence-electron chi connectivity index (χ3n) is 4.71. The van der Waals surface area contributed by atoms with E-state index in [9.17, 15) is 4.39 Å². The van der Waals surface area contributed by atoms with E-state index in [1.807, 2.05) is 48.5 Å². The Morgan fingerprint density at radius 3 is 2.48 bits per heavy atom. The number of fused-ring (bicyclic) bond motifs is 1. The Morgan fingerprint density at radius 1 is 0.931 bits per heavy atom. The smallest absolute Gasteiger partial charge is 0.158 e. The Labute approximate surface area is 169 Å². The zero-order valence-corrected chi connectivity index (χ0v) is 16.6. The molecule has 0 aliphatic rings. The monoisotopic (exact) mass is 389 g/mol. The molecule has 6 heteroatoms. The van der Waals surface area contributed by atoms with Gasteiger partial charge < -0.3 is 10.2 Å². The summed E-state index contributed by atoms with van der Waals surface area (Å²) in [4.78, 5) is 6.95. The van der Waals surface area contributed by atoms with Gasteiger partial charge in [0.2, 0.25) is 0 Å². The first-order chi connectivity index (χ1) is 14.1. The van der Waals surface area contributed by atoms with Gasteiger partial charge in [-0.05, 0) is 39.2 Å². The number of benzene rings is 2. The number of nitrogens with one attached hydrogen (secondary N) is 1. The molecular weight excluding hydrogens is 365 g/mol. The average Bonchev–Trinajstić information content (AvgIpc) is 3.16. The number of hydrogen-bond donors (Lipinski definition) is 1. The predicted octanol–water partition coefficient (Wildman–Crippen LogP) is 4.57. The van der Waals surface area contributed by atoms with Gasteiger partial charge in [-0.25, -0.2) is 9.37 Å². The van der Waals surface area contributed by atoms with Crippen LogP contribution in [0.3, 0.4) is 0 Å². The SMILES string of the molecule is CN(C)CCCNc1cc(-c2ccccc2)nc2cc(-c3cccc(F)c3)nn12. The maximum atomic E-state index is 13.7. The molecule has 4 rings (SSSR count). The second-order valence-corrected chi connectivity index (χ2v) is 7.29. The first-order valence-corrected chi connectivity index (χ1v) is 9.71. The number of aromatic nitrogens is 3. The highest BCUT2D eigenvalue weighted by Gasteiger charge is 2.12. The van der Waals surface area contributed by atoms with Gasteiger partial charge in [0.25, 0.3) is 0 Å². The molecular formula is C23H24FN5. The molecule has 1 N–H and O–H groups in total. The highest BCUT2D eigenvalue weighted by Crippen LogP contribution is 2.26. The Bertz CT molecular complexity index is 1100. The molecule has 0 amide bonds. The molecule has 0 radical (unpaired) electrons. The van der Waals surface area contributed by atoms with Crippen molar-refractivity contribution in [1.82, 2.24) is 19.5 Å². The van der Waals surface area contributed by atoms with Gasteiger partial charge in [0.05, 0.1) is 11.4 Å². The molecule has 148 valence electrons. The summed E-state index contributed by atoms with van der Waals surface area (Å²) in [5, 5.41) is 8.18. The van der Waals surface area contributed by atoms with Gasteiger partial charge in [0, 0.05) is 29.8 Å². The Kier molecular flexibility index (Phi) is 5.53. The lowest BCUT2D eigenvalue weighted by atomic mass is 10.1. The molecule has 29 heavy (non-hydrogen) atoms. The molecule has 5 nitrogen and oxygen atoms in total. The van der Waals surface area contributed by atoms with E-state index in [2.05, 4.69) is 29.4 Å². The summed E-state index contributed by atoms with van der Waals surface area (Å²) in [6.45, 7) is 1.82. The highest BCUT2D eigenvalue weighted by molar-refractivity contribution is 5.70. The molecule has 2 aromatic heterocycles. The molecule has 2 heterocycles. The molecule has 0 aliphatic heterocycles. The Balaban J connectivity index is 1.74. The van der Waals surface area contributed by atoms with Gasteiger partial charge in [0.1, 0.15) is 11.6 Å². The topological polar surface area (TPSA) is 45.5 Å². The van der Waals surface area contributed by atoms with E-state index >= 15 is 0 Å². The molecule has 0 atom stereocenters. The highest BCUT2D eigenvalue weighted by atomic mass is 19.1. The van der Waals surface area contributed by atoms with Crippen molar-refractivity contribution in [3.63, 3.8) is 0 Å². The minimum absolute atomic E-state index is 0.278. The van der Waals surface area contributed by atoms with Gasteiger partial charge in [-0.2, -0.15) is 9.61 Å². The van der Waals surface area contributed by atoms with E-state index in [0.29, 0.717) is 5.69 Å². The largest absolute Gasteiger partial charge is 0.370 e. The second kappa shape index (κ2) is 8.41. The fourth-order valence-corrected chi connectivity index (χ4v) is 3.26. The number of anilines is 1. The lowest BCUT2D eigenvalue weighted by Crippen LogP contribution is -2.17. The zero-order chi connectivity index (χ0) is 20.2. The second-order valence-electron chi connectivity index (χ2n) is 7.29. The zero-order valence-electron chi connectivity index (χ0n) is 16.6. The van der Waals surface area contributed by atoms with Gasteiger partial charge in [-0.3, -0.25) is 0 Å². The molecule has 0 spiro atoms. The maximum Gasteiger partial charge on any atom is 0.158 e. The van der Waals surface area contributed by atoms with Crippen LogP contribution >= 0.6 is 0 Å². The van der Waals surface area contributed by atoms with Gasteiger partial charge in [-0.1, -0.05) is 42.5 Å². The number of hydrogen-bond acceptors (Lipinski definition) is 4. The van der Waals surface area contributed by atoms with Crippen molar-refractivity contribution in [2.24, 2.45) is 0 Å². The van der Waals surface area contributed by atoms with Crippen LogP contribution in [0.5, 0.6) is 0 Å². The van der Waals surface area contributed by atoms with Crippen LogP contribution in [0.25, 0.3) is 28.2 Å². The van der Waals surface area contributed by atoms with Crippen molar-refractivity contribution in [2.45, 2.75) is 6.42 Å². The van der Waals surface area contributed by atoms with Crippen LogP contribution < -0.4 is 5.32 Å². The van der Waals surface area contributed by atoms with Gasteiger partial charge in [0.15, 0.2) is 5.65 Å². The van der Waals surface area contributed by atoms with E-state index in [4.69, 9.17) is 4.98 Å². The fourth-order valence-electron chi connectivity index (χ4n) is 3.26. The number of rotatable bonds is 7. The molecule has 4 aromatic rings. The normalized spacial score (nSPS) is 11.3. The molecule has 0 saturated carbocycles. The molecule has 0 saturated heterocycles. The average molecular weight is 389 g/mol.